The Balaban J connectivity index is 1.55. The molecule has 156 valence electrons. The summed E-state index contributed by atoms with van der Waals surface area (Å²) in [5.41, 5.74) is 0.140. The van der Waals surface area contributed by atoms with Gasteiger partial charge in [-0.05, 0) is 25.7 Å². The topological polar surface area (TPSA) is 66.6 Å². The number of anilines is 1. The van der Waals surface area contributed by atoms with E-state index in [1.54, 1.807) is 4.90 Å². The number of halogens is 4. The molecule has 2 saturated heterocycles. The van der Waals surface area contributed by atoms with Gasteiger partial charge in [-0.2, -0.15) is 0 Å². The summed E-state index contributed by atoms with van der Waals surface area (Å²) in [5.74, 6) is -2.60. The van der Waals surface area contributed by atoms with Crippen LogP contribution in [0.4, 0.5) is 18.9 Å². The summed E-state index contributed by atoms with van der Waals surface area (Å²) in [5, 5.41) is 4.46. The molecule has 3 aliphatic rings. The van der Waals surface area contributed by atoms with Crippen molar-refractivity contribution in [2.75, 3.05) is 31.1 Å². The number of alkyl halides is 1. The molecule has 2 heterocycles. The first-order chi connectivity index (χ1) is 13.1. The molecule has 1 aromatic carbocycles. The van der Waals surface area contributed by atoms with Crippen molar-refractivity contribution < 1.29 is 21.6 Å². The number of benzene rings is 1. The van der Waals surface area contributed by atoms with E-state index in [1.165, 1.54) is 0 Å². The maximum absolute atomic E-state index is 14.4. The number of likely N-dealkylation sites (tertiary alicyclic amines) is 1. The van der Waals surface area contributed by atoms with E-state index in [2.05, 4.69) is 4.90 Å². The minimum absolute atomic E-state index is 0.00194. The molecule has 0 bridgehead atoms. The highest BCUT2D eigenvalue weighted by atomic mass is 35.5. The van der Waals surface area contributed by atoms with Crippen molar-refractivity contribution in [3.05, 3.63) is 22.7 Å². The molecule has 0 radical (unpaired) electrons. The lowest BCUT2D eigenvalue weighted by molar-refractivity contribution is 0.0318. The van der Waals surface area contributed by atoms with Gasteiger partial charge in [-0.15, -0.1) is 0 Å². The molecule has 1 aromatic rings. The number of hydrogen-bond donors (Lipinski definition) is 1. The van der Waals surface area contributed by atoms with Gasteiger partial charge in [0.2, 0.25) is 10.0 Å². The molecule has 28 heavy (non-hydrogen) atoms. The molecule has 1 unspecified atom stereocenters. The van der Waals surface area contributed by atoms with Gasteiger partial charge in [0.05, 0.1) is 5.69 Å². The minimum Gasteiger partial charge on any atom is -0.369 e. The fourth-order valence-corrected chi connectivity index (χ4v) is 6.19. The summed E-state index contributed by atoms with van der Waals surface area (Å²) in [7, 11) is -4.56. The van der Waals surface area contributed by atoms with Crippen molar-refractivity contribution in [3.8, 4) is 0 Å². The second-order valence-electron chi connectivity index (χ2n) is 8.22. The summed E-state index contributed by atoms with van der Waals surface area (Å²) >= 11 is 6.02. The van der Waals surface area contributed by atoms with Gasteiger partial charge in [0, 0.05) is 43.7 Å². The fourth-order valence-electron chi connectivity index (χ4n) is 5.18. The predicted molar refractivity (Wildman–Crippen MR) is 101 cm³/mol. The van der Waals surface area contributed by atoms with Gasteiger partial charge in [-0.25, -0.2) is 26.7 Å². The number of hydrogen-bond acceptors (Lipinski definition) is 4. The van der Waals surface area contributed by atoms with Gasteiger partial charge in [-0.1, -0.05) is 18.0 Å². The molecule has 1 saturated carbocycles. The largest absolute Gasteiger partial charge is 0.369 e. The number of sulfonamides is 1. The van der Waals surface area contributed by atoms with E-state index in [0.29, 0.717) is 32.0 Å². The summed E-state index contributed by atoms with van der Waals surface area (Å²) in [6.07, 6.45) is 3.47. The van der Waals surface area contributed by atoms with Crippen molar-refractivity contribution in [3.63, 3.8) is 0 Å². The molecule has 1 atom stereocenters. The molecular weight excluding hydrogens is 415 g/mol. The Morgan fingerprint density at radius 3 is 2.43 bits per heavy atom. The van der Waals surface area contributed by atoms with E-state index in [9.17, 15) is 21.6 Å². The Morgan fingerprint density at radius 1 is 1.18 bits per heavy atom. The van der Waals surface area contributed by atoms with Gasteiger partial charge in [0.15, 0.2) is 10.7 Å². The first-order valence-electron chi connectivity index (χ1n) is 9.46. The average molecular weight is 438 g/mol. The molecule has 1 aliphatic carbocycles. The van der Waals surface area contributed by atoms with Crippen molar-refractivity contribution >= 4 is 27.3 Å². The lowest BCUT2D eigenvalue weighted by atomic mass is 9.73. The van der Waals surface area contributed by atoms with Crippen LogP contribution in [0.2, 0.25) is 5.02 Å². The smallest absolute Gasteiger partial charge is 0.243 e. The van der Waals surface area contributed by atoms with Crippen LogP contribution in [-0.4, -0.2) is 51.7 Å². The third-order valence-corrected chi connectivity index (χ3v) is 7.80. The van der Waals surface area contributed by atoms with E-state index in [1.807, 2.05) is 0 Å². The Morgan fingerprint density at radius 2 is 1.82 bits per heavy atom. The monoisotopic (exact) mass is 437 g/mol. The minimum atomic E-state index is -4.56. The van der Waals surface area contributed by atoms with Crippen LogP contribution in [0.25, 0.3) is 0 Å². The van der Waals surface area contributed by atoms with Crippen LogP contribution >= 0.6 is 11.6 Å². The zero-order chi connectivity index (χ0) is 20.3. The summed E-state index contributed by atoms with van der Waals surface area (Å²) in [6.45, 7) is 2.64. The third-order valence-electron chi connectivity index (χ3n) is 6.49. The average Bonchev–Trinajstić information content (AvgIpc) is 3.01. The molecule has 0 amide bonds. The lowest BCUT2D eigenvalue weighted by Crippen LogP contribution is -2.64. The number of rotatable bonds is 3. The van der Waals surface area contributed by atoms with Gasteiger partial charge < -0.3 is 4.90 Å². The second kappa shape index (κ2) is 7.04. The van der Waals surface area contributed by atoms with Crippen LogP contribution < -0.4 is 10.0 Å². The maximum atomic E-state index is 14.4. The molecule has 2 aliphatic heterocycles. The highest BCUT2D eigenvalue weighted by Crippen LogP contribution is 2.51. The third kappa shape index (κ3) is 3.30. The van der Waals surface area contributed by atoms with E-state index < -0.39 is 37.7 Å². The Labute approximate surface area is 167 Å². The zero-order valence-corrected chi connectivity index (χ0v) is 16.9. The zero-order valence-electron chi connectivity index (χ0n) is 15.3. The first-order valence-corrected chi connectivity index (χ1v) is 11.4. The summed E-state index contributed by atoms with van der Waals surface area (Å²) < 4.78 is 65.0. The number of primary sulfonamides is 1. The highest BCUT2D eigenvalue weighted by Gasteiger charge is 2.54. The molecule has 0 aromatic heterocycles. The van der Waals surface area contributed by atoms with E-state index in [4.69, 9.17) is 16.7 Å². The summed E-state index contributed by atoms with van der Waals surface area (Å²) in [4.78, 5) is 2.93. The van der Waals surface area contributed by atoms with Gasteiger partial charge in [-0.3, -0.25) is 4.90 Å². The SMILES string of the molecule is NS(=O)(=O)c1c(F)cc(N2CC3(CCCC3N3CCC(F)CC3)C2)c(Cl)c1F. The van der Waals surface area contributed by atoms with Crippen LogP contribution in [0.1, 0.15) is 32.1 Å². The molecule has 10 heteroatoms. The molecule has 4 rings (SSSR count). The highest BCUT2D eigenvalue weighted by molar-refractivity contribution is 7.89. The van der Waals surface area contributed by atoms with Crippen LogP contribution in [-0.2, 0) is 10.0 Å². The Kier molecular flexibility index (Phi) is 5.09. The predicted octanol–water partition coefficient (Wildman–Crippen LogP) is 3.06. The van der Waals surface area contributed by atoms with E-state index in [0.717, 1.165) is 38.4 Å². The van der Waals surface area contributed by atoms with E-state index >= 15 is 0 Å². The van der Waals surface area contributed by atoms with Crippen molar-refractivity contribution in [1.29, 1.82) is 0 Å². The lowest BCUT2D eigenvalue weighted by Gasteiger charge is -2.55. The standard InChI is InChI=1S/C18H23ClF3N3O2S/c19-15-13(8-12(21)17(16(15)22)28(23,26)27)25-9-18(10-25)5-1-2-14(18)24-6-3-11(20)4-7-24/h8,11,14H,1-7,9-10H2,(H2,23,26,27). The van der Waals surface area contributed by atoms with Gasteiger partial charge in [0.25, 0.3) is 0 Å². The van der Waals surface area contributed by atoms with Crippen LogP contribution in [0.15, 0.2) is 11.0 Å². The van der Waals surface area contributed by atoms with Crippen molar-refractivity contribution in [2.45, 2.75) is 49.2 Å². The van der Waals surface area contributed by atoms with Crippen molar-refractivity contribution in [2.24, 2.45) is 10.6 Å². The summed E-state index contributed by atoms with van der Waals surface area (Å²) in [6, 6.07) is 1.27. The second-order valence-corrected chi connectivity index (χ2v) is 10.1. The molecular formula is C18H23ClF3N3O2S. The maximum Gasteiger partial charge on any atom is 0.243 e. The molecule has 1 spiro atoms. The van der Waals surface area contributed by atoms with Crippen LogP contribution in [0, 0.1) is 17.0 Å². The Hall–Kier alpha value is -1.03. The molecule has 2 N–H and O–H groups in total. The molecule has 3 fully saturated rings. The molecule has 5 nitrogen and oxygen atoms in total. The van der Waals surface area contributed by atoms with Crippen LogP contribution in [0.3, 0.4) is 0 Å². The number of piperidine rings is 1. The van der Waals surface area contributed by atoms with Gasteiger partial charge >= 0.3 is 0 Å². The van der Waals surface area contributed by atoms with Crippen molar-refractivity contribution in [1.82, 2.24) is 4.90 Å². The fraction of sp³-hybridized carbons (Fsp3) is 0.667. The number of nitrogens with two attached hydrogens (primary N) is 1. The first kappa shape index (κ1) is 20.3. The number of nitrogens with zero attached hydrogens (tertiary/aromatic N) is 2. The Bertz CT molecular complexity index is 885. The van der Waals surface area contributed by atoms with Gasteiger partial charge in [0.1, 0.15) is 17.0 Å². The normalized spacial score (nSPS) is 26.0. The quantitative estimate of drug-likeness (QED) is 0.738. The van der Waals surface area contributed by atoms with E-state index in [-0.39, 0.29) is 11.1 Å². The van der Waals surface area contributed by atoms with Crippen LogP contribution in [0.5, 0.6) is 0 Å².